The predicted molar refractivity (Wildman–Crippen MR) is 289 cm³/mol. The van der Waals surface area contributed by atoms with Gasteiger partial charge < -0.3 is 66.9 Å². The molecule has 0 saturated carbocycles. The van der Waals surface area contributed by atoms with Gasteiger partial charge in [0.2, 0.25) is 47.3 Å². The largest absolute Gasteiger partial charge is 0.508 e. The smallest absolute Gasteiger partial charge is 0.329 e. The summed E-state index contributed by atoms with van der Waals surface area (Å²) in [5.41, 5.74) is 1.58. The Labute approximate surface area is 464 Å². The van der Waals surface area contributed by atoms with Crippen molar-refractivity contribution in [1.82, 2.24) is 41.7 Å². The topological polar surface area (TPSA) is 340 Å². The number of ether oxygens (including phenoxy) is 1. The monoisotopic (exact) mass is 1110 g/mol. The summed E-state index contributed by atoms with van der Waals surface area (Å²) in [6, 6.07) is 8.35. The third kappa shape index (κ3) is 17.2. The maximum absolute atomic E-state index is 14.9. The Morgan fingerprint density at radius 3 is 1.91 bits per heavy atom. The van der Waals surface area contributed by atoms with Crippen LogP contribution in [0, 0.1) is 11.8 Å². The summed E-state index contributed by atoms with van der Waals surface area (Å²) in [5.74, 6) is -10.7. The lowest BCUT2D eigenvalue weighted by Gasteiger charge is -2.44. The average molecular weight is 1110 g/mol. The van der Waals surface area contributed by atoms with Crippen molar-refractivity contribution in [1.29, 1.82) is 0 Å². The summed E-state index contributed by atoms with van der Waals surface area (Å²) < 4.78 is 5.94. The second kappa shape index (κ2) is 29.2. The number of aliphatic hydroxyl groups excluding tert-OH is 1. The predicted octanol–water partition coefficient (Wildman–Crippen LogP) is 1.48. The van der Waals surface area contributed by atoms with E-state index in [1.807, 2.05) is 0 Å². The van der Waals surface area contributed by atoms with E-state index >= 15 is 0 Å². The highest BCUT2D eigenvalue weighted by Gasteiger charge is 2.47. The number of esters is 1. The zero-order valence-corrected chi connectivity index (χ0v) is 46.2. The fourth-order valence-electron chi connectivity index (χ4n) is 9.56. The summed E-state index contributed by atoms with van der Waals surface area (Å²) in [7, 11) is 1.38. The summed E-state index contributed by atoms with van der Waals surface area (Å²) in [4.78, 5) is 143. The van der Waals surface area contributed by atoms with Gasteiger partial charge in [0, 0.05) is 39.2 Å². The van der Waals surface area contributed by atoms with E-state index in [1.165, 1.54) is 62.5 Å². The fourth-order valence-corrected chi connectivity index (χ4v) is 9.56. The number of hydrogen-bond donors (Lipinski definition) is 10. The highest BCUT2D eigenvalue weighted by molar-refractivity contribution is 5.98. The summed E-state index contributed by atoms with van der Waals surface area (Å²) in [5, 5.41) is 57.1. The van der Waals surface area contributed by atoms with Gasteiger partial charge in [-0.25, -0.2) is 9.59 Å². The number of carboxylic acids is 1. The number of aliphatic hydroxyl groups is 1. The second-order valence-electron chi connectivity index (χ2n) is 20.9. The first-order chi connectivity index (χ1) is 37.9. The van der Waals surface area contributed by atoms with Crippen molar-refractivity contribution in [3.05, 3.63) is 95.6 Å². The molecule has 2 aliphatic rings. The first-order valence-corrected chi connectivity index (χ1v) is 27.0. The number of hydrogen-bond acceptors (Lipinski definition) is 14. The first kappa shape index (κ1) is 62.8. The van der Waals surface area contributed by atoms with Crippen LogP contribution in [0.2, 0.25) is 0 Å². The standard InChI is InChI=1S/C57H76N8O15/c1-8-13-44(68)58-41(28-35-16-20-37(66)21-17-35)50(71)60-40(56(77)78)24-26-45(69)62-48-33(6)80-57(79)47(32(5)9-2)63-52(73)43(30-34-14-11-10-12-15-34)64(7)55(76)49(31(3)4)65-46(70)27-25-39(54(65)75)59-51(72)42(61-53(48)74)29-36-18-22-38(67)23-19-36/h10-12,14-23,31-33,39-43,46-49,66-67,70H,8-9,13,24-30H2,1-7H3,(H,58,68)(H,59,72)(H,60,71)(H,61,74)(H,62,69)(H,63,73)(H,77,78)/t32-,33+,39-,40-,41-,42-,43-,46+,47?,48-,49-/m0/s1. The fraction of sp³-hybridized carbons (Fsp3) is 0.509. The van der Waals surface area contributed by atoms with Gasteiger partial charge >= 0.3 is 11.9 Å². The van der Waals surface area contributed by atoms with Crippen molar-refractivity contribution in [2.24, 2.45) is 11.8 Å². The van der Waals surface area contributed by atoms with Gasteiger partial charge in [-0.1, -0.05) is 95.6 Å². The third-order valence-corrected chi connectivity index (χ3v) is 14.4. The number of phenolic OH excluding ortho intramolecular Hbond substituents is 2. The zero-order chi connectivity index (χ0) is 59.0. The summed E-state index contributed by atoms with van der Waals surface area (Å²) >= 11 is 0. The molecule has 1 unspecified atom stereocenters. The zero-order valence-electron chi connectivity index (χ0n) is 46.2. The maximum Gasteiger partial charge on any atom is 0.329 e. The number of carboxylic acid groups (broad SMARTS) is 1. The van der Waals surface area contributed by atoms with E-state index in [9.17, 15) is 68.4 Å². The van der Waals surface area contributed by atoms with Gasteiger partial charge in [-0.2, -0.15) is 0 Å². The van der Waals surface area contributed by atoms with E-state index in [1.54, 1.807) is 65.0 Å². The molecule has 0 aromatic heterocycles. The molecule has 0 aliphatic carbocycles. The van der Waals surface area contributed by atoms with E-state index in [4.69, 9.17) is 4.74 Å². The van der Waals surface area contributed by atoms with E-state index in [0.717, 1.165) is 9.80 Å². The Hall–Kier alpha value is -8.08. The molecule has 2 bridgehead atoms. The van der Waals surface area contributed by atoms with E-state index in [2.05, 4.69) is 31.9 Å². The van der Waals surface area contributed by atoms with Crippen LogP contribution in [-0.2, 0) is 71.9 Å². The Kier molecular flexibility index (Phi) is 22.9. The molecule has 10 N–H and O–H groups in total. The molecule has 2 fully saturated rings. The van der Waals surface area contributed by atoms with Crippen LogP contribution in [0.4, 0.5) is 0 Å². The number of aromatic hydroxyl groups is 2. The molecule has 2 saturated heterocycles. The minimum absolute atomic E-state index is 0.0443. The van der Waals surface area contributed by atoms with Crippen LogP contribution < -0.4 is 31.9 Å². The molecule has 23 nitrogen and oxygen atoms in total. The van der Waals surface area contributed by atoms with Crippen LogP contribution in [0.25, 0.3) is 0 Å². The van der Waals surface area contributed by atoms with Gasteiger partial charge in [-0.05, 0) is 85.4 Å². The van der Waals surface area contributed by atoms with Crippen LogP contribution >= 0.6 is 0 Å². The number of rotatable bonds is 19. The van der Waals surface area contributed by atoms with Crippen molar-refractivity contribution in [3.8, 4) is 11.5 Å². The normalized spacial score (nSPS) is 23.6. The highest BCUT2D eigenvalue weighted by atomic mass is 16.5. The van der Waals surface area contributed by atoms with Crippen LogP contribution in [0.3, 0.4) is 0 Å². The number of phenols is 2. The Balaban J connectivity index is 1.53. The van der Waals surface area contributed by atoms with E-state index in [-0.39, 0.29) is 50.0 Å². The molecule has 2 aliphatic heterocycles. The second-order valence-corrected chi connectivity index (χ2v) is 20.9. The molecule has 0 radical (unpaired) electrons. The van der Waals surface area contributed by atoms with Gasteiger partial charge in [0.05, 0.1) is 0 Å². The van der Waals surface area contributed by atoms with Gasteiger partial charge in [-0.15, -0.1) is 0 Å². The maximum atomic E-state index is 14.9. The Morgan fingerprint density at radius 2 is 1.32 bits per heavy atom. The molecule has 80 heavy (non-hydrogen) atoms. The van der Waals surface area contributed by atoms with Crippen molar-refractivity contribution in [2.45, 2.75) is 166 Å². The average Bonchev–Trinajstić information content (AvgIpc) is 3.46. The molecular weight excluding hydrogens is 1040 g/mol. The summed E-state index contributed by atoms with van der Waals surface area (Å²) in [6.07, 6.45) is -4.09. The molecule has 0 spiro atoms. The van der Waals surface area contributed by atoms with E-state index < -0.39 is 145 Å². The van der Waals surface area contributed by atoms with Crippen molar-refractivity contribution >= 4 is 59.2 Å². The molecular formula is C57H76N8O15. The Bertz CT molecular complexity index is 2670. The number of nitrogens with one attached hydrogen (secondary N) is 6. The van der Waals surface area contributed by atoms with Gasteiger partial charge in [0.1, 0.15) is 72.2 Å². The lowest BCUT2D eigenvalue weighted by molar-refractivity contribution is -0.167. The van der Waals surface area contributed by atoms with Gasteiger partial charge in [0.25, 0.3) is 0 Å². The number of likely N-dealkylation sites (N-methyl/N-ethyl adjacent to an activating group) is 1. The SMILES string of the molecule is CCCC(=O)N[C@@H](Cc1ccc(O)cc1)C(=O)N[C@@H](CCC(=O)N[C@@H]1C(=O)N[C@@H](Cc2ccc(O)cc2)C(=O)N[C@H]2CC[C@@H](O)N(C2=O)[C@@H](C(C)C)C(=O)N(C)[C@@H](Cc2ccccc2)C(=O)NC([C@@H](C)CC)C(=O)O[C@@H]1C)C(=O)O. The lowest BCUT2D eigenvalue weighted by atomic mass is 9.93. The number of nitrogens with zero attached hydrogens (tertiary/aromatic N) is 2. The number of amides is 8. The molecule has 23 heteroatoms. The number of benzene rings is 3. The molecule has 8 amide bonds. The lowest BCUT2D eigenvalue weighted by Crippen LogP contribution is -2.66. The molecule has 434 valence electrons. The minimum atomic E-state index is -1.85. The first-order valence-electron chi connectivity index (χ1n) is 27.0. The van der Waals surface area contributed by atoms with Crippen molar-refractivity contribution < 1.29 is 73.1 Å². The number of carbonyl (C=O) groups is 10. The molecule has 2 heterocycles. The Morgan fingerprint density at radius 1 is 0.713 bits per heavy atom. The van der Waals surface area contributed by atoms with Crippen LogP contribution in [0.1, 0.15) is 103 Å². The highest BCUT2D eigenvalue weighted by Crippen LogP contribution is 2.27. The number of fused-ring (bicyclic) bond motifs is 2. The number of carbonyl (C=O) groups excluding carboxylic acids is 9. The number of aliphatic carboxylic acids is 1. The number of piperidine rings is 1. The van der Waals surface area contributed by atoms with E-state index in [0.29, 0.717) is 29.5 Å². The molecule has 3 aromatic carbocycles. The quantitative estimate of drug-likeness (QED) is 0.0761. The molecule has 3 aromatic rings. The number of cyclic esters (lactones) is 1. The van der Waals surface area contributed by atoms with Crippen molar-refractivity contribution in [3.63, 3.8) is 0 Å². The van der Waals surface area contributed by atoms with Gasteiger partial charge in [-0.3, -0.25) is 38.4 Å². The molecule has 11 atom stereocenters. The van der Waals surface area contributed by atoms with Crippen LogP contribution in [-0.4, -0.2) is 157 Å². The minimum Gasteiger partial charge on any atom is -0.508 e. The third-order valence-electron chi connectivity index (χ3n) is 14.4. The summed E-state index contributed by atoms with van der Waals surface area (Å²) in [6.45, 7) is 9.76. The van der Waals surface area contributed by atoms with Crippen LogP contribution in [0.15, 0.2) is 78.9 Å². The molecule has 5 rings (SSSR count). The van der Waals surface area contributed by atoms with Crippen LogP contribution in [0.5, 0.6) is 11.5 Å². The van der Waals surface area contributed by atoms with Gasteiger partial charge in [0.15, 0.2) is 0 Å². The van der Waals surface area contributed by atoms with Crippen molar-refractivity contribution in [2.75, 3.05) is 7.05 Å².